The third-order valence-corrected chi connectivity index (χ3v) is 16.6. The van der Waals surface area contributed by atoms with Gasteiger partial charge in [-0.3, -0.25) is 0 Å². The second-order valence-corrected chi connectivity index (χ2v) is 23.6. The summed E-state index contributed by atoms with van der Waals surface area (Å²) in [6, 6.07) is 59.4. The number of carboxylic acids is 1. The highest BCUT2D eigenvalue weighted by Crippen LogP contribution is 2.39. The standard InChI is InChI=1S/C77H67N3O25/c78-80-79-42-25-43-92-75-64(101-73(90)52-38-21-7-22-39-52)62(99-71(88)50-34-17-5-18-35-50)58(55(95-75)45-94-68(85)47-28-11-2-12-29-47)103-77-63(100-72(89)51-36-19-6-20-37-51)59(56(81)60(105-77)66(82)83)104-76-65(102-74(91)53-40-23-8-24-41-53)61(98-70(87)49-32-15-4-16-33-49)57(97-69(86)48-30-13-3-14-31-48)54(96-76)44-93-67(84)46-26-9-1-10-27-46/h1-24,26-41,54-65,75-77,81H,25,42-45H2,(H,82,83)/t54-,55-,56+,57-,58-,59+,60+,61+,62+,63-,64-,65-,75-,76+,77-/m1/s1. The molecule has 28 nitrogen and oxygen atoms in total. The average Bonchev–Trinajstić information content (AvgIpc) is 0.755. The van der Waals surface area contributed by atoms with Crippen molar-refractivity contribution in [1.29, 1.82) is 0 Å². The first-order valence-electron chi connectivity index (χ1n) is 32.9. The Morgan fingerprint density at radius 1 is 0.352 bits per heavy atom. The highest BCUT2D eigenvalue weighted by Gasteiger charge is 2.61. The molecule has 2 N–H and O–H groups in total. The van der Waals surface area contributed by atoms with Gasteiger partial charge in [0.15, 0.2) is 61.6 Å². The number of aliphatic hydroxyl groups excluding tert-OH is 1. The zero-order valence-electron chi connectivity index (χ0n) is 55.4. The molecule has 0 spiro atoms. The highest BCUT2D eigenvalue weighted by atomic mass is 16.8. The molecule has 8 aromatic rings. The topological polar surface area (TPSA) is 372 Å². The molecule has 3 aliphatic rings. The van der Waals surface area contributed by atoms with E-state index in [9.17, 15) is 53.4 Å². The van der Waals surface area contributed by atoms with Crippen LogP contribution in [0.15, 0.2) is 248 Å². The molecule has 28 heteroatoms. The van der Waals surface area contributed by atoms with E-state index in [-0.39, 0.29) is 64.1 Å². The summed E-state index contributed by atoms with van der Waals surface area (Å²) in [6.07, 6.45) is -32.7. The number of rotatable bonds is 28. The molecule has 3 fully saturated rings. The predicted molar refractivity (Wildman–Crippen MR) is 361 cm³/mol. The van der Waals surface area contributed by atoms with Crippen LogP contribution >= 0.6 is 0 Å². The molecule has 0 aromatic heterocycles. The minimum absolute atomic E-state index is 0.0301. The maximum atomic E-state index is 14.9. The van der Waals surface area contributed by atoms with Crippen molar-refractivity contribution in [3.8, 4) is 0 Å². The number of azide groups is 1. The van der Waals surface area contributed by atoms with Crippen LogP contribution in [0, 0.1) is 0 Å². The Labute approximate surface area is 598 Å². The highest BCUT2D eigenvalue weighted by molar-refractivity contribution is 5.93. The van der Waals surface area contributed by atoms with Crippen molar-refractivity contribution in [1.82, 2.24) is 0 Å². The van der Waals surface area contributed by atoms with Crippen LogP contribution in [-0.4, -0.2) is 182 Å². The fourth-order valence-electron chi connectivity index (χ4n) is 11.4. The van der Waals surface area contributed by atoms with Crippen molar-refractivity contribution in [3.63, 3.8) is 0 Å². The van der Waals surface area contributed by atoms with E-state index in [0.29, 0.717) is 0 Å². The molecule has 0 radical (unpaired) electrons. The monoisotopic (exact) mass is 1430 g/mol. The number of aliphatic hydroxyl groups is 1. The van der Waals surface area contributed by atoms with Gasteiger partial charge in [-0.05, 0) is 109 Å². The smallest absolute Gasteiger partial charge is 0.338 e. The van der Waals surface area contributed by atoms with E-state index in [2.05, 4.69) is 10.0 Å². The first-order valence-corrected chi connectivity index (χ1v) is 32.9. The van der Waals surface area contributed by atoms with Gasteiger partial charge >= 0.3 is 53.7 Å². The second-order valence-electron chi connectivity index (χ2n) is 23.6. The van der Waals surface area contributed by atoms with E-state index in [0.717, 1.165) is 0 Å². The Kier molecular flexibility index (Phi) is 25.6. The van der Waals surface area contributed by atoms with Gasteiger partial charge in [-0.25, -0.2) is 43.2 Å². The van der Waals surface area contributed by atoms with E-state index in [1.807, 2.05) is 0 Å². The number of hydrogen-bond acceptors (Lipinski definition) is 25. The number of ether oxygens (including phenoxy) is 14. The summed E-state index contributed by atoms with van der Waals surface area (Å²) < 4.78 is 88.9. The third-order valence-electron chi connectivity index (χ3n) is 16.6. The van der Waals surface area contributed by atoms with Crippen molar-refractivity contribution >= 4 is 53.7 Å². The number of aliphatic carboxylic acids is 1. The largest absolute Gasteiger partial charge is 0.479 e. The zero-order valence-corrected chi connectivity index (χ0v) is 55.4. The molecular weight excluding hydrogens is 1370 g/mol. The van der Waals surface area contributed by atoms with Crippen molar-refractivity contribution in [2.75, 3.05) is 26.4 Å². The molecule has 105 heavy (non-hydrogen) atoms. The summed E-state index contributed by atoms with van der Waals surface area (Å²) in [7, 11) is 0. The number of esters is 8. The van der Waals surface area contributed by atoms with Crippen LogP contribution < -0.4 is 0 Å². The lowest BCUT2D eigenvalue weighted by atomic mass is 9.95. The summed E-state index contributed by atoms with van der Waals surface area (Å²) in [5.41, 5.74) is 8.59. The molecule has 3 saturated heterocycles. The van der Waals surface area contributed by atoms with Crippen molar-refractivity contribution in [2.45, 2.75) is 98.5 Å². The number of benzene rings is 8. The minimum atomic E-state index is -2.56. The Bertz CT molecular complexity index is 4300. The molecule has 8 aromatic carbocycles. The molecule has 15 atom stereocenters. The lowest BCUT2D eigenvalue weighted by molar-refractivity contribution is -0.374. The van der Waals surface area contributed by atoms with Gasteiger partial charge in [0, 0.05) is 11.5 Å². The molecule has 3 heterocycles. The lowest BCUT2D eigenvalue weighted by Gasteiger charge is -2.49. The average molecular weight is 1430 g/mol. The van der Waals surface area contributed by atoms with Crippen molar-refractivity contribution < 1.29 is 120 Å². The Morgan fingerprint density at radius 3 is 0.981 bits per heavy atom. The summed E-state index contributed by atoms with van der Waals surface area (Å²) in [5, 5.41) is 27.6. The summed E-state index contributed by atoms with van der Waals surface area (Å²) in [4.78, 5) is 133. The van der Waals surface area contributed by atoms with Gasteiger partial charge in [-0.1, -0.05) is 151 Å². The van der Waals surface area contributed by atoms with Gasteiger partial charge in [0.25, 0.3) is 0 Å². The second kappa shape index (κ2) is 36.2. The van der Waals surface area contributed by atoms with Crippen LogP contribution in [0.25, 0.3) is 10.4 Å². The first kappa shape index (κ1) is 74.2. The van der Waals surface area contributed by atoms with E-state index in [1.54, 1.807) is 72.8 Å². The molecule has 0 unspecified atom stereocenters. The Morgan fingerprint density at radius 2 is 0.629 bits per heavy atom. The number of carbonyl (C=O) groups excluding carboxylic acids is 8. The molecule has 3 aliphatic heterocycles. The third kappa shape index (κ3) is 19.2. The Hall–Kier alpha value is -12.0. The molecule has 11 rings (SSSR count). The van der Waals surface area contributed by atoms with Crippen LogP contribution in [0.1, 0.15) is 89.3 Å². The molecule has 0 amide bonds. The fourth-order valence-corrected chi connectivity index (χ4v) is 11.4. The zero-order chi connectivity index (χ0) is 73.6. The van der Waals surface area contributed by atoms with E-state index in [4.69, 9.17) is 71.8 Å². The van der Waals surface area contributed by atoms with Crippen molar-refractivity contribution in [3.05, 3.63) is 298 Å². The lowest BCUT2D eigenvalue weighted by Crippen LogP contribution is -2.69. The van der Waals surface area contributed by atoms with Gasteiger partial charge in [-0.15, -0.1) is 0 Å². The van der Waals surface area contributed by atoms with Gasteiger partial charge in [-0.2, -0.15) is 0 Å². The van der Waals surface area contributed by atoms with Crippen LogP contribution in [0.2, 0.25) is 0 Å². The van der Waals surface area contributed by atoms with Crippen LogP contribution in [0.4, 0.5) is 0 Å². The fraction of sp³-hybridized carbons (Fsp3) is 0.260. The van der Waals surface area contributed by atoms with Gasteiger partial charge in [0.05, 0.1) is 51.1 Å². The molecule has 540 valence electrons. The van der Waals surface area contributed by atoms with E-state index >= 15 is 0 Å². The number of nitrogens with zero attached hydrogens (tertiary/aromatic N) is 3. The number of hydrogen-bond donors (Lipinski definition) is 2. The van der Waals surface area contributed by atoms with Crippen molar-refractivity contribution in [2.24, 2.45) is 5.11 Å². The Balaban J connectivity index is 1.07. The molecule has 0 bridgehead atoms. The van der Waals surface area contributed by atoms with Gasteiger partial charge in [0.1, 0.15) is 43.7 Å². The maximum absolute atomic E-state index is 14.9. The minimum Gasteiger partial charge on any atom is -0.479 e. The SMILES string of the molecule is [N-]=[N+]=NCCCO[C@@H]1O[C@H](COC(=O)c2ccccc2)[C@@H](O[C@@H]2O[C@H](C(=O)O)[C@@H](O)[C@H](O[C@@H]3O[C@H](COC(=O)c4ccccc4)[C@@H](OC(=O)c4ccccc4)[C@H](OC(=O)c4ccccc4)[C@H]3OC(=O)c3ccccc3)[C@H]2OC(=O)c2ccccc2)[C@H](OC(=O)c2ccccc2)[C@H]1OC(=O)c1ccccc1. The van der Waals surface area contributed by atoms with E-state index < -0.39 is 159 Å². The van der Waals surface area contributed by atoms with Crippen LogP contribution in [-0.2, 0) is 71.1 Å². The number of carboxylic acid groups (broad SMARTS) is 1. The van der Waals surface area contributed by atoms with Crippen LogP contribution in [0.5, 0.6) is 0 Å². The summed E-state index contributed by atoms with van der Waals surface area (Å²) >= 11 is 0. The van der Waals surface area contributed by atoms with Gasteiger partial charge < -0.3 is 76.5 Å². The van der Waals surface area contributed by atoms with Gasteiger partial charge in [0.2, 0.25) is 0 Å². The molecule has 0 aliphatic carbocycles. The van der Waals surface area contributed by atoms with E-state index in [1.165, 1.54) is 170 Å². The predicted octanol–water partition coefficient (Wildman–Crippen LogP) is 9.16. The first-order chi connectivity index (χ1) is 51.1. The molecular formula is C77H67N3O25. The maximum Gasteiger partial charge on any atom is 0.338 e. The normalized spacial score (nSPS) is 24.0. The van der Waals surface area contributed by atoms with Crippen LogP contribution in [0.3, 0.4) is 0 Å². The summed E-state index contributed by atoms with van der Waals surface area (Å²) in [5.74, 6) is -10.6. The quantitative estimate of drug-likeness (QED) is 0.0115. The summed E-state index contributed by atoms with van der Waals surface area (Å²) in [6.45, 7) is -2.18. The molecule has 0 saturated carbocycles. The number of carbonyl (C=O) groups is 9.